The molecule has 2 nitrogen and oxygen atoms in total. The Morgan fingerprint density at radius 3 is 1.58 bits per heavy atom. The van der Waals surface area contributed by atoms with E-state index in [9.17, 15) is 0 Å². The Kier molecular flexibility index (Phi) is 9.48. The van der Waals surface area contributed by atoms with Crippen molar-refractivity contribution in [2.24, 2.45) is 0 Å². The van der Waals surface area contributed by atoms with Crippen molar-refractivity contribution in [3.8, 4) is 22.3 Å². The number of anilines is 5. The number of rotatable bonds is 4. The van der Waals surface area contributed by atoms with Gasteiger partial charge >= 0.3 is 0 Å². The van der Waals surface area contributed by atoms with Gasteiger partial charge in [-0.2, -0.15) is 0 Å². The van der Waals surface area contributed by atoms with Crippen molar-refractivity contribution in [2.75, 3.05) is 10.2 Å². The SMILES string of the molecule is Cc1cc(-c2ccc3c(c2Nc2ccc4c(c2)C(C)(C)CCC4(C)C)-c2ccccc2C3(C)C)c2c(c1)N(c1ccc3c(c1)C(C)(C)CCC3(C)C)c1cc3c(cc1[B]2)C(C)(C)CCC3(C)C. The van der Waals surface area contributed by atoms with Crippen molar-refractivity contribution in [1.82, 2.24) is 0 Å². The van der Waals surface area contributed by atoms with Crippen molar-refractivity contribution in [3.63, 3.8) is 0 Å². The maximum Gasteiger partial charge on any atom is 0.197 e. The average Bonchev–Trinajstić information content (AvgIpc) is 3.50. The summed E-state index contributed by atoms with van der Waals surface area (Å²) in [7, 11) is 2.55. The molecular formula is C64H74BN2. The molecular weight excluding hydrogens is 808 g/mol. The summed E-state index contributed by atoms with van der Waals surface area (Å²) in [6.07, 6.45) is 7.15. The number of fused-ring (bicyclic) bond motifs is 8. The summed E-state index contributed by atoms with van der Waals surface area (Å²) in [6, 6.07) is 39.0. The molecule has 0 atom stereocenters. The van der Waals surface area contributed by atoms with E-state index in [1.807, 2.05) is 0 Å². The quantitative estimate of drug-likeness (QED) is 0.177. The Morgan fingerprint density at radius 2 is 0.955 bits per heavy atom. The zero-order valence-electron chi connectivity index (χ0n) is 43.5. The number of aryl methyl sites for hydroxylation is 1. The molecule has 1 aliphatic heterocycles. The zero-order chi connectivity index (χ0) is 47.6. The molecule has 0 fully saturated rings. The molecule has 0 aromatic heterocycles. The van der Waals surface area contributed by atoms with Crippen LogP contribution in [0.2, 0.25) is 0 Å². The fourth-order valence-corrected chi connectivity index (χ4v) is 13.5. The number of hydrogen-bond acceptors (Lipinski definition) is 2. The van der Waals surface area contributed by atoms with Gasteiger partial charge in [-0.15, -0.1) is 0 Å². The highest BCUT2D eigenvalue weighted by atomic mass is 15.2. The van der Waals surface area contributed by atoms with Gasteiger partial charge < -0.3 is 10.2 Å². The van der Waals surface area contributed by atoms with Crippen LogP contribution in [0.4, 0.5) is 28.4 Å². The van der Waals surface area contributed by atoms with E-state index in [-0.39, 0.29) is 37.9 Å². The molecule has 6 aromatic rings. The van der Waals surface area contributed by atoms with E-state index >= 15 is 0 Å². The van der Waals surface area contributed by atoms with Crippen LogP contribution in [0.3, 0.4) is 0 Å². The summed E-state index contributed by atoms with van der Waals surface area (Å²) < 4.78 is 0. The minimum Gasteiger partial charge on any atom is -0.354 e. The summed E-state index contributed by atoms with van der Waals surface area (Å²) in [5, 5.41) is 4.24. The van der Waals surface area contributed by atoms with Crippen molar-refractivity contribution in [1.29, 1.82) is 0 Å². The lowest BCUT2D eigenvalue weighted by molar-refractivity contribution is 0.332. The molecule has 4 aliphatic carbocycles. The van der Waals surface area contributed by atoms with E-state index in [2.05, 4.69) is 218 Å². The fourth-order valence-electron chi connectivity index (χ4n) is 13.5. The van der Waals surface area contributed by atoms with Gasteiger partial charge in [0.15, 0.2) is 7.28 Å². The van der Waals surface area contributed by atoms with Crippen LogP contribution in [0.25, 0.3) is 22.3 Å². The molecule has 0 unspecified atom stereocenters. The third-order valence-electron chi connectivity index (χ3n) is 18.3. The Labute approximate surface area is 404 Å². The Bertz CT molecular complexity index is 3080. The van der Waals surface area contributed by atoms with E-state index in [0.29, 0.717) is 0 Å². The largest absolute Gasteiger partial charge is 0.354 e. The van der Waals surface area contributed by atoms with E-state index in [1.54, 1.807) is 0 Å². The first kappa shape index (κ1) is 44.5. The molecule has 1 radical (unpaired) electrons. The Hall–Kier alpha value is -5.02. The van der Waals surface area contributed by atoms with Gasteiger partial charge in [0.1, 0.15) is 0 Å². The molecule has 0 amide bonds. The number of nitrogens with one attached hydrogen (secondary N) is 1. The van der Waals surface area contributed by atoms with Gasteiger partial charge in [-0.3, -0.25) is 0 Å². The smallest absolute Gasteiger partial charge is 0.197 e. The first-order valence-corrected chi connectivity index (χ1v) is 25.6. The zero-order valence-corrected chi connectivity index (χ0v) is 43.5. The van der Waals surface area contributed by atoms with E-state index in [4.69, 9.17) is 0 Å². The van der Waals surface area contributed by atoms with Crippen LogP contribution < -0.4 is 21.1 Å². The number of nitrogens with zero attached hydrogens (tertiary/aromatic N) is 1. The van der Waals surface area contributed by atoms with Gasteiger partial charge in [-0.25, -0.2) is 0 Å². The molecule has 5 aliphatic rings. The highest BCUT2D eigenvalue weighted by molar-refractivity contribution is 6.73. The fraction of sp³-hybridized carbons (Fsp3) is 0.438. The monoisotopic (exact) mass is 882 g/mol. The van der Waals surface area contributed by atoms with Crippen molar-refractivity contribution in [2.45, 2.75) is 180 Å². The predicted octanol–water partition coefficient (Wildman–Crippen LogP) is 16.2. The summed E-state index contributed by atoms with van der Waals surface area (Å²) in [5.74, 6) is 0. The second kappa shape index (κ2) is 14.3. The van der Waals surface area contributed by atoms with Gasteiger partial charge in [-0.05, 0) is 181 Å². The molecule has 0 bridgehead atoms. The Balaban J connectivity index is 1.18. The van der Waals surface area contributed by atoms with E-state index in [0.717, 1.165) is 5.69 Å². The van der Waals surface area contributed by atoms with Crippen molar-refractivity contribution >= 4 is 46.6 Å². The molecule has 11 rings (SSSR count). The molecule has 0 saturated carbocycles. The molecule has 0 spiro atoms. The maximum absolute atomic E-state index is 4.24. The first-order chi connectivity index (χ1) is 31.3. The summed E-state index contributed by atoms with van der Waals surface area (Å²) in [4.78, 5) is 2.66. The summed E-state index contributed by atoms with van der Waals surface area (Å²) in [6.45, 7) is 36.6. The molecule has 67 heavy (non-hydrogen) atoms. The average molecular weight is 882 g/mol. The summed E-state index contributed by atoms with van der Waals surface area (Å²) in [5.41, 5.74) is 27.5. The topological polar surface area (TPSA) is 15.3 Å². The first-order valence-electron chi connectivity index (χ1n) is 25.6. The second-order valence-corrected chi connectivity index (χ2v) is 26.2. The summed E-state index contributed by atoms with van der Waals surface area (Å²) >= 11 is 0. The third kappa shape index (κ3) is 6.70. The lowest BCUT2D eigenvalue weighted by atomic mass is 9.55. The lowest BCUT2D eigenvalue weighted by Gasteiger charge is -2.45. The van der Waals surface area contributed by atoms with E-state index < -0.39 is 0 Å². The van der Waals surface area contributed by atoms with Gasteiger partial charge in [0, 0.05) is 39.3 Å². The van der Waals surface area contributed by atoms with Crippen LogP contribution in [0.1, 0.15) is 186 Å². The van der Waals surface area contributed by atoms with Gasteiger partial charge in [0.25, 0.3) is 0 Å². The van der Waals surface area contributed by atoms with Crippen LogP contribution >= 0.6 is 0 Å². The third-order valence-corrected chi connectivity index (χ3v) is 18.3. The standard InChI is InChI=1S/C64H74BN2/c1-38-32-43(41-22-25-47-55(42-18-16-17-19-44(42)64(47,14)15)57(41)66-39-20-23-45-48(34-39)60(6,7)28-26-58(45,2)3)56-54(33-38)67(40-21-24-46-49(35-40)61(8,9)29-27-59(46,4)5)53-37-51-50(36-52(53)65-56)62(10,11)30-31-63(51,12)13/h16-25,32-37,66H,26-31H2,1-15H3. The van der Waals surface area contributed by atoms with Crippen LogP contribution in [-0.2, 0) is 37.9 Å². The maximum atomic E-state index is 4.24. The molecule has 1 heterocycles. The van der Waals surface area contributed by atoms with Crippen LogP contribution in [0.5, 0.6) is 0 Å². The van der Waals surface area contributed by atoms with Gasteiger partial charge in [0.05, 0.1) is 5.69 Å². The number of hydrogen-bond donors (Lipinski definition) is 1. The van der Waals surface area contributed by atoms with Crippen LogP contribution in [-0.4, -0.2) is 7.28 Å². The van der Waals surface area contributed by atoms with Crippen molar-refractivity contribution in [3.05, 3.63) is 147 Å². The van der Waals surface area contributed by atoms with Crippen molar-refractivity contribution < 1.29 is 0 Å². The molecule has 1 N–H and O–H groups in total. The number of benzene rings is 6. The molecule has 3 heteroatoms. The minimum absolute atomic E-state index is 0.0855. The predicted molar refractivity (Wildman–Crippen MR) is 289 cm³/mol. The lowest BCUT2D eigenvalue weighted by Crippen LogP contribution is -2.44. The normalized spacial score (nSPS) is 21.0. The van der Waals surface area contributed by atoms with Crippen LogP contribution in [0, 0.1) is 6.92 Å². The molecule has 6 aromatic carbocycles. The highest BCUT2D eigenvalue weighted by Gasteiger charge is 2.43. The van der Waals surface area contributed by atoms with Crippen LogP contribution in [0.15, 0.2) is 97.1 Å². The second-order valence-electron chi connectivity index (χ2n) is 26.2. The van der Waals surface area contributed by atoms with Gasteiger partial charge in [0.2, 0.25) is 0 Å². The van der Waals surface area contributed by atoms with E-state index in [1.165, 1.54) is 145 Å². The molecule has 343 valence electrons. The highest BCUT2D eigenvalue weighted by Crippen LogP contribution is 2.56. The minimum atomic E-state index is -0.134. The Morgan fingerprint density at radius 1 is 0.433 bits per heavy atom. The molecule has 0 saturated heterocycles. The van der Waals surface area contributed by atoms with Gasteiger partial charge in [-0.1, -0.05) is 163 Å².